The Morgan fingerprint density at radius 3 is 1.83 bits per heavy atom. The van der Waals surface area contributed by atoms with Gasteiger partial charge in [-0.2, -0.15) is 3.69 Å². The van der Waals surface area contributed by atoms with Crippen LogP contribution in [0.5, 0.6) is 0 Å². The van der Waals surface area contributed by atoms with E-state index in [1.165, 1.54) is 0 Å². The molecule has 0 amide bonds. The van der Waals surface area contributed by atoms with E-state index >= 15 is 0 Å². The fourth-order valence-electron chi connectivity index (χ4n) is 0.812. The molecule has 0 heterocycles. The smallest absolute Gasteiger partial charge is 0.204 e. The van der Waals surface area contributed by atoms with E-state index in [0.717, 1.165) is 12.1 Å². The lowest BCUT2D eigenvalue weighted by Crippen LogP contribution is -2.13. The summed E-state index contributed by atoms with van der Waals surface area (Å²) in [7, 11) is 0. The van der Waals surface area contributed by atoms with Crippen LogP contribution >= 0.6 is 17.0 Å². The molecule has 0 aliphatic heterocycles. The topological polar surface area (TPSA) is 0 Å². The Morgan fingerprint density at radius 2 is 1.50 bits per heavy atom. The van der Waals surface area contributed by atoms with Crippen molar-refractivity contribution in [2.24, 2.45) is 0 Å². The van der Waals surface area contributed by atoms with E-state index in [-0.39, 0.29) is 17.0 Å². The lowest BCUT2D eigenvalue weighted by atomic mass is 10.3. The Balaban J connectivity index is 0.00000121. The van der Waals surface area contributed by atoms with Crippen LogP contribution in [-0.4, -0.2) is 20.4 Å². The van der Waals surface area contributed by atoms with Gasteiger partial charge in [-0.1, -0.05) is 0 Å². The molecule has 0 fully saturated rings. The minimum absolute atomic E-state index is 0. The van der Waals surface area contributed by atoms with Crippen molar-refractivity contribution in [1.29, 1.82) is 0 Å². The number of rotatable bonds is 1. The van der Waals surface area contributed by atoms with Gasteiger partial charge in [0.15, 0.2) is 17.5 Å². The van der Waals surface area contributed by atoms with Crippen LogP contribution in [-0.2, 0) is 0 Å². The molecule has 1 aromatic rings. The first-order valence-corrected chi connectivity index (χ1v) is 5.40. The number of hydrogen-bond acceptors (Lipinski definition) is 0. The van der Waals surface area contributed by atoms with E-state index in [1.807, 2.05) is 5.05 Å². The molecule has 0 bridgehead atoms. The largest absolute Gasteiger partial charge is 0.405 e. The summed E-state index contributed by atoms with van der Waals surface area (Å²) in [4.78, 5) is 0. The average Bonchev–Trinajstić information content (AvgIpc) is 1.99. The van der Waals surface area contributed by atoms with Crippen molar-refractivity contribution in [1.82, 2.24) is 0 Å². The zero-order chi connectivity index (χ0) is 8.43. The molecule has 0 unspecified atom stereocenters. The van der Waals surface area contributed by atoms with E-state index < -0.39 is 37.8 Å². The van der Waals surface area contributed by atoms with Crippen LogP contribution in [0.1, 0.15) is 0 Å². The van der Waals surface area contributed by atoms with E-state index in [1.54, 1.807) is 0 Å². The normalized spacial score (nSPS) is 8.67. The Labute approximate surface area is 88.6 Å². The fourth-order valence-corrected chi connectivity index (χ4v) is 1.58. The monoisotopic (exact) mass is 250 g/mol. The molecule has 0 aliphatic rings. The van der Waals surface area contributed by atoms with Gasteiger partial charge in [-0.05, 0) is 12.1 Å². The second-order valence-corrected chi connectivity index (χ2v) is 3.75. The first kappa shape index (κ1) is 12.3. The molecule has 0 nitrogen and oxygen atoms in total. The molecular weight excluding hydrogens is 245 g/mol. The standard InChI is InChI=1S/C6H2F3.CH3.BrH.Mg/c7-4-2-1-3-5(8)6(4)9;;;/h2-3H;1H3;1H;. The summed E-state index contributed by atoms with van der Waals surface area (Å²) in [5, 5.41) is 1.88. The molecule has 5 heteroatoms. The van der Waals surface area contributed by atoms with Gasteiger partial charge in [-0.25, -0.2) is 13.2 Å². The Bertz CT molecular complexity index is 254. The summed E-state index contributed by atoms with van der Waals surface area (Å²) in [6, 6.07) is 2.12. The summed E-state index contributed by atoms with van der Waals surface area (Å²) >= 11 is -0.614. The quantitative estimate of drug-likeness (QED) is 0.529. The van der Waals surface area contributed by atoms with E-state index in [2.05, 4.69) is 0 Å². The maximum atomic E-state index is 12.4. The lowest BCUT2D eigenvalue weighted by Gasteiger charge is -1.98. The minimum atomic E-state index is -1.38. The summed E-state index contributed by atoms with van der Waals surface area (Å²) in [6.45, 7) is 0. The first-order chi connectivity index (χ1) is 5.15. The molecule has 64 valence electrons. The molecule has 0 aliphatic carbocycles. The maximum Gasteiger partial charge on any atom is 0.405 e. The molecule has 0 aromatic heterocycles. The third-order valence-corrected chi connectivity index (χ3v) is 2.68. The van der Waals surface area contributed by atoms with Crippen LogP contribution < -0.4 is 3.69 Å². The lowest BCUT2D eigenvalue weighted by molar-refractivity contribution is 0.448. The van der Waals surface area contributed by atoms with Crippen LogP contribution in [0.4, 0.5) is 13.2 Å². The molecule has 0 spiro atoms. The van der Waals surface area contributed by atoms with Crippen molar-refractivity contribution in [2.75, 3.05) is 0 Å². The highest BCUT2D eigenvalue weighted by Gasteiger charge is 2.08. The zero-order valence-corrected chi connectivity index (χ0v) is 9.53. The molecule has 0 radical (unpaired) electrons. The van der Waals surface area contributed by atoms with Crippen LogP contribution in [0.15, 0.2) is 12.1 Å². The van der Waals surface area contributed by atoms with Crippen LogP contribution in [0.2, 0.25) is 5.05 Å². The van der Waals surface area contributed by atoms with Crippen LogP contribution in [0, 0.1) is 17.5 Å². The van der Waals surface area contributed by atoms with Crippen molar-refractivity contribution >= 4 is 41.0 Å². The average molecular weight is 251 g/mol. The summed E-state index contributed by atoms with van der Waals surface area (Å²) in [5.41, 5.74) is 0. The Kier molecular flexibility index (Phi) is 5.20. The second kappa shape index (κ2) is 5.09. The first-order valence-electron chi connectivity index (χ1n) is 3.28. The SMILES string of the molecule is Br.[CH3][Mg][c]1cc(F)c(F)c(F)c1. The zero-order valence-electron chi connectivity index (χ0n) is 6.40. The number of halogens is 4. The van der Waals surface area contributed by atoms with Gasteiger partial charge in [-0.3, -0.25) is 0 Å². The Morgan fingerprint density at radius 1 is 1.08 bits per heavy atom. The van der Waals surface area contributed by atoms with Crippen molar-refractivity contribution in [2.45, 2.75) is 5.05 Å². The van der Waals surface area contributed by atoms with Gasteiger partial charge in [0.05, 0.1) is 0 Å². The minimum Gasteiger partial charge on any atom is -0.204 e. The maximum absolute atomic E-state index is 12.4. The molecule has 0 atom stereocenters. The summed E-state index contributed by atoms with van der Waals surface area (Å²) in [6.07, 6.45) is 0. The van der Waals surface area contributed by atoms with Gasteiger partial charge in [0.25, 0.3) is 0 Å². The highest BCUT2D eigenvalue weighted by atomic mass is 79.9. The molecule has 0 N–H and O–H groups in total. The Hall–Kier alpha value is 0.256. The fraction of sp³-hybridized carbons (Fsp3) is 0.143. The predicted molar refractivity (Wildman–Crippen MR) is 47.9 cm³/mol. The van der Waals surface area contributed by atoms with E-state index in [0.29, 0.717) is 3.69 Å². The molecular formula is C7H6BrF3Mg. The summed E-state index contributed by atoms with van der Waals surface area (Å²) in [5.74, 6) is -3.56. The van der Waals surface area contributed by atoms with Crippen LogP contribution in [0.3, 0.4) is 0 Å². The van der Waals surface area contributed by atoms with Gasteiger partial charge >= 0.3 is 20.4 Å². The summed E-state index contributed by atoms with van der Waals surface area (Å²) < 4.78 is 37.8. The highest BCUT2D eigenvalue weighted by Crippen LogP contribution is 2.07. The molecule has 12 heavy (non-hydrogen) atoms. The van der Waals surface area contributed by atoms with E-state index in [4.69, 9.17) is 0 Å². The van der Waals surface area contributed by atoms with Gasteiger partial charge in [-0.15, -0.1) is 22.0 Å². The molecule has 0 saturated carbocycles. The van der Waals surface area contributed by atoms with Crippen LogP contribution in [0.25, 0.3) is 0 Å². The molecule has 1 rings (SSSR count). The van der Waals surface area contributed by atoms with Crippen molar-refractivity contribution < 1.29 is 13.2 Å². The van der Waals surface area contributed by atoms with Crippen molar-refractivity contribution in [3.05, 3.63) is 29.6 Å². The molecule has 0 saturated heterocycles. The van der Waals surface area contributed by atoms with Crippen molar-refractivity contribution in [3.63, 3.8) is 0 Å². The number of hydrogen-bond donors (Lipinski definition) is 0. The van der Waals surface area contributed by atoms with Gasteiger partial charge in [0, 0.05) is 0 Å². The van der Waals surface area contributed by atoms with Gasteiger partial charge in [0.2, 0.25) is 0 Å². The second-order valence-electron chi connectivity index (χ2n) is 2.23. The van der Waals surface area contributed by atoms with Crippen molar-refractivity contribution in [3.8, 4) is 0 Å². The molecule has 1 aromatic carbocycles. The van der Waals surface area contributed by atoms with Gasteiger partial charge < -0.3 is 0 Å². The predicted octanol–water partition coefficient (Wildman–Crippen LogP) is 2.06. The highest BCUT2D eigenvalue weighted by molar-refractivity contribution is 8.93. The number of benzene rings is 1. The third-order valence-electron chi connectivity index (χ3n) is 1.45. The van der Waals surface area contributed by atoms with Gasteiger partial charge in [0.1, 0.15) is 0 Å². The van der Waals surface area contributed by atoms with E-state index in [9.17, 15) is 13.2 Å². The third kappa shape index (κ3) is 2.64.